The lowest BCUT2D eigenvalue weighted by molar-refractivity contribution is 0.189. The first-order valence-corrected chi connectivity index (χ1v) is 9.45. The van der Waals surface area contributed by atoms with E-state index in [1.165, 1.54) is 12.5 Å². The molecule has 1 aliphatic rings. The van der Waals surface area contributed by atoms with E-state index in [1.807, 2.05) is 18.2 Å². The van der Waals surface area contributed by atoms with E-state index in [0.29, 0.717) is 23.8 Å². The third-order valence-electron chi connectivity index (χ3n) is 5.26. The third-order valence-corrected chi connectivity index (χ3v) is 5.26. The molecule has 1 heterocycles. The van der Waals surface area contributed by atoms with Crippen molar-refractivity contribution >= 4 is 0 Å². The van der Waals surface area contributed by atoms with Gasteiger partial charge in [-0.25, -0.2) is 4.39 Å². The Kier molecular flexibility index (Phi) is 6.56. The second-order valence-electron chi connectivity index (χ2n) is 6.88. The van der Waals surface area contributed by atoms with Crippen molar-refractivity contribution < 1.29 is 18.6 Å². The van der Waals surface area contributed by atoms with E-state index in [2.05, 4.69) is 4.90 Å². The SMILES string of the molecule is COc1ccc(CN2CCCCC[C@@H]2c2cccc(F)c2)c(OC)c1OC. The first-order chi connectivity index (χ1) is 13.2. The fourth-order valence-corrected chi connectivity index (χ4v) is 3.95. The maximum atomic E-state index is 13.8. The minimum absolute atomic E-state index is 0.180. The van der Waals surface area contributed by atoms with Gasteiger partial charge in [-0.2, -0.15) is 0 Å². The number of benzene rings is 2. The van der Waals surface area contributed by atoms with Crippen molar-refractivity contribution in [2.24, 2.45) is 0 Å². The Labute approximate surface area is 160 Å². The Balaban J connectivity index is 1.93. The Morgan fingerprint density at radius 3 is 2.48 bits per heavy atom. The molecule has 2 aromatic carbocycles. The summed E-state index contributed by atoms with van der Waals surface area (Å²) in [5.74, 6) is 1.77. The van der Waals surface area contributed by atoms with Crippen LogP contribution in [0.2, 0.25) is 0 Å². The Bertz CT molecular complexity index is 765. The predicted molar refractivity (Wildman–Crippen MR) is 104 cm³/mol. The number of halogens is 1. The van der Waals surface area contributed by atoms with E-state index in [-0.39, 0.29) is 11.9 Å². The lowest BCUT2D eigenvalue weighted by Crippen LogP contribution is -2.28. The molecule has 1 saturated heterocycles. The van der Waals surface area contributed by atoms with E-state index in [4.69, 9.17) is 14.2 Å². The molecule has 146 valence electrons. The zero-order valence-electron chi connectivity index (χ0n) is 16.3. The Hall–Kier alpha value is -2.27. The van der Waals surface area contributed by atoms with Crippen LogP contribution >= 0.6 is 0 Å². The molecular formula is C22H28FNO3. The summed E-state index contributed by atoms with van der Waals surface area (Å²) in [6.07, 6.45) is 4.52. The van der Waals surface area contributed by atoms with Gasteiger partial charge in [0.1, 0.15) is 5.82 Å². The molecule has 1 fully saturated rings. The summed E-state index contributed by atoms with van der Waals surface area (Å²) in [4.78, 5) is 2.42. The predicted octanol–water partition coefficient (Wildman–Crippen LogP) is 4.97. The molecule has 0 aromatic heterocycles. The van der Waals surface area contributed by atoms with Gasteiger partial charge in [0.25, 0.3) is 0 Å². The zero-order valence-corrected chi connectivity index (χ0v) is 16.3. The van der Waals surface area contributed by atoms with Crippen molar-refractivity contribution in [1.82, 2.24) is 4.90 Å². The van der Waals surface area contributed by atoms with Crippen molar-refractivity contribution in [3.05, 3.63) is 53.3 Å². The summed E-state index contributed by atoms with van der Waals surface area (Å²) in [6, 6.07) is 11.1. The van der Waals surface area contributed by atoms with Crippen LogP contribution in [0, 0.1) is 5.82 Å². The summed E-state index contributed by atoms with van der Waals surface area (Å²) >= 11 is 0. The van der Waals surface area contributed by atoms with Crippen LogP contribution in [0.25, 0.3) is 0 Å². The largest absolute Gasteiger partial charge is 0.493 e. The minimum atomic E-state index is -0.180. The van der Waals surface area contributed by atoms with Crippen LogP contribution in [-0.2, 0) is 6.54 Å². The van der Waals surface area contributed by atoms with Crippen LogP contribution in [0.4, 0.5) is 4.39 Å². The third kappa shape index (κ3) is 4.35. The normalized spacial score (nSPS) is 18.0. The number of methoxy groups -OCH3 is 3. The van der Waals surface area contributed by atoms with Gasteiger partial charge in [-0.1, -0.05) is 31.0 Å². The average Bonchev–Trinajstić information content (AvgIpc) is 2.93. The highest BCUT2D eigenvalue weighted by Gasteiger charge is 2.25. The zero-order chi connectivity index (χ0) is 19.2. The summed E-state index contributed by atoms with van der Waals surface area (Å²) in [7, 11) is 4.88. The number of nitrogens with zero attached hydrogens (tertiary/aromatic N) is 1. The molecule has 0 amide bonds. The number of hydrogen-bond acceptors (Lipinski definition) is 4. The maximum Gasteiger partial charge on any atom is 0.203 e. The lowest BCUT2D eigenvalue weighted by Gasteiger charge is -2.31. The topological polar surface area (TPSA) is 30.9 Å². The summed E-state index contributed by atoms with van der Waals surface area (Å²) in [6.45, 7) is 1.68. The van der Waals surface area contributed by atoms with Crippen LogP contribution in [0.1, 0.15) is 42.9 Å². The van der Waals surface area contributed by atoms with Crippen LogP contribution in [0.3, 0.4) is 0 Å². The summed E-state index contributed by atoms with van der Waals surface area (Å²) in [5.41, 5.74) is 2.08. The van der Waals surface area contributed by atoms with Crippen LogP contribution in [0.15, 0.2) is 36.4 Å². The summed E-state index contributed by atoms with van der Waals surface area (Å²) < 4.78 is 30.4. The van der Waals surface area contributed by atoms with Crippen molar-refractivity contribution in [3.63, 3.8) is 0 Å². The van der Waals surface area contributed by atoms with Gasteiger partial charge in [-0.3, -0.25) is 4.90 Å². The lowest BCUT2D eigenvalue weighted by atomic mass is 10.00. The molecule has 0 bridgehead atoms. The minimum Gasteiger partial charge on any atom is -0.493 e. The fourth-order valence-electron chi connectivity index (χ4n) is 3.95. The highest BCUT2D eigenvalue weighted by atomic mass is 19.1. The first-order valence-electron chi connectivity index (χ1n) is 9.45. The number of ether oxygens (including phenoxy) is 3. The molecule has 0 aliphatic carbocycles. The van der Waals surface area contributed by atoms with Gasteiger partial charge in [-0.15, -0.1) is 0 Å². The molecule has 0 unspecified atom stereocenters. The molecule has 4 nitrogen and oxygen atoms in total. The molecule has 5 heteroatoms. The van der Waals surface area contributed by atoms with Gasteiger partial charge in [0.05, 0.1) is 21.3 Å². The molecular weight excluding hydrogens is 345 g/mol. The molecule has 0 radical (unpaired) electrons. The number of rotatable bonds is 6. The summed E-state index contributed by atoms with van der Waals surface area (Å²) in [5, 5.41) is 0. The molecule has 0 N–H and O–H groups in total. The molecule has 0 saturated carbocycles. The molecule has 1 aliphatic heterocycles. The van der Waals surface area contributed by atoms with Crippen molar-refractivity contribution in [2.75, 3.05) is 27.9 Å². The Morgan fingerprint density at radius 2 is 1.78 bits per heavy atom. The van der Waals surface area contributed by atoms with E-state index >= 15 is 0 Å². The quantitative estimate of drug-likeness (QED) is 0.715. The monoisotopic (exact) mass is 373 g/mol. The van der Waals surface area contributed by atoms with Crippen molar-refractivity contribution in [3.8, 4) is 17.2 Å². The Morgan fingerprint density at radius 1 is 0.963 bits per heavy atom. The van der Waals surface area contributed by atoms with Crippen LogP contribution in [0.5, 0.6) is 17.2 Å². The smallest absolute Gasteiger partial charge is 0.203 e. The fraction of sp³-hybridized carbons (Fsp3) is 0.455. The van der Waals surface area contributed by atoms with Gasteiger partial charge in [0.2, 0.25) is 5.75 Å². The van der Waals surface area contributed by atoms with E-state index in [1.54, 1.807) is 33.5 Å². The van der Waals surface area contributed by atoms with E-state index in [9.17, 15) is 4.39 Å². The van der Waals surface area contributed by atoms with Crippen molar-refractivity contribution in [1.29, 1.82) is 0 Å². The van der Waals surface area contributed by atoms with Gasteiger partial charge in [-0.05, 0) is 43.1 Å². The number of likely N-dealkylation sites (tertiary alicyclic amines) is 1. The van der Waals surface area contributed by atoms with Crippen LogP contribution in [-0.4, -0.2) is 32.8 Å². The standard InChI is InChI=1S/C22H28FNO3/c1-25-20-12-11-17(21(26-2)22(20)27-3)15-24-13-6-4-5-10-19(24)16-8-7-9-18(23)14-16/h7-9,11-12,14,19H,4-6,10,13,15H2,1-3H3/t19-/m1/s1. The van der Waals surface area contributed by atoms with Gasteiger partial charge >= 0.3 is 0 Å². The molecule has 27 heavy (non-hydrogen) atoms. The van der Waals surface area contributed by atoms with E-state index < -0.39 is 0 Å². The average molecular weight is 373 g/mol. The van der Waals surface area contributed by atoms with Gasteiger partial charge in [0, 0.05) is 18.2 Å². The van der Waals surface area contributed by atoms with E-state index in [0.717, 1.165) is 36.9 Å². The van der Waals surface area contributed by atoms with Crippen LogP contribution < -0.4 is 14.2 Å². The maximum absolute atomic E-state index is 13.8. The van der Waals surface area contributed by atoms with Gasteiger partial charge < -0.3 is 14.2 Å². The number of hydrogen-bond donors (Lipinski definition) is 0. The molecule has 0 spiro atoms. The highest BCUT2D eigenvalue weighted by molar-refractivity contribution is 5.55. The van der Waals surface area contributed by atoms with Crippen molar-refractivity contribution in [2.45, 2.75) is 38.3 Å². The van der Waals surface area contributed by atoms with Gasteiger partial charge in [0.15, 0.2) is 11.5 Å². The second kappa shape index (κ2) is 9.09. The second-order valence-corrected chi connectivity index (χ2v) is 6.88. The molecule has 1 atom stereocenters. The highest BCUT2D eigenvalue weighted by Crippen LogP contribution is 2.41. The molecule has 2 aromatic rings. The first kappa shape index (κ1) is 19.5. The molecule has 3 rings (SSSR count).